The van der Waals surface area contributed by atoms with Gasteiger partial charge in [-0.2, -0.15) is 13.5 Å². The van der Waals surface area contributed by atoms with Crippen LogP contribution in [0.15, 0.2) is 74.6 Å². The van der Waals surface area contributed by atoms with Crippen molar-refractivity contribution in [3.05, 3.63) is 54.6 Å². The van der Waals surface area contributed by atoms with Crippen LogP contribution < -0.4 is 64.2 Å². The minimum atomic E-state index is -5.04. The van der Waals surface area contributed by atoms with Gasteiger partial charge in [-0.25, -0.2) is 8.42 Å². The predicted molar refractivity (Wildman–Crippen MR) is 91.8 cm³/mol. The number of nitrogens with zero attached hydrogens (tertiary/aromatic N) is 2. The maximum atomic E-state index is 11.9. The van der Waals surface area contributed by atoms with Crippen LogP contribution in [0.2, 0.25) is 0 Å². The Balaban J connectivity index is 0.00000210. The number of hydrogen-bond acceptors (Lipinski definition) is 8. The summed E-state index contributed by atoms with van der Waals surface area (Å²) in [6.07, 6.45) is 0. The second kappa shape index (κ2) is 9.96. The van der Waals surface area contributed by atoms with Crippen LogP contribution in [0.5, 0.6) is 5.75 Å². The van der Waals surface area contributed by atoms with Gasteiger partial charge in [-0.15, -0.1) is 10.9 Å². The predicted octanol–water partition coefficient (Wildman–Crippen LogP) is -3.51. The van der Waals surface area contributed by atoms with Crippen LogP contribution in [0, 0.1) is 0 Å². The Morgan fingerprint density at radius 2 is 1.48 bits per heavy atom. The Bertz CT molecular complexity index is 1280. The number of benzene rings is 3. The fourth-order valence-electron chi connectivity index (χ4n) is 2.43. The van der Waals surface area contributed by atoms with E-state index < -0.39 is 35.8 Å². The summed E-state index contributed by atoms with van der Waals surface area (Å²) >= 11 is 0. The first-order chi connectivity index (χ1) is 12.6. The Kier molecular flexibility index (Phi) is 8.99. The van der Waals surface area contributed by atoms with Crippen molar-refractivity contribution in [3.63, 3.8) is 0 Å². The third-order valence-electron chi connectivity index (χ3n) is 3.54. The average molecular weight is 452 g/mol. The zero-order chi connectivity index (χ0) is 19.8. The molecule has 1 N–H and O–H groups in total. The molecule has 0 fully saturated rings. The van der Waals surface area contributed by atoms with Crippen LogP contribution >= 0.6 is 0 Å². The fraction of sp³-hybridized carbons (Fsp3) is 0. The summed E-state index contributed by atoms with van der Waals surface area (Å²) in [5.74, 6) is -0.619. The molecule has 0 aliphatic carbocycles. The van der Waals surface area contributed by atoms with Crippen molar-refractivity contribution < 1.29 is 90.2 Å². The van der Waals surface area contributed by atoms with E-state index in [2.05, 4.69) is 10.2 Å². The molecule has 0 spiro atoms. The molecule has 0 heterocycles. The molecule has 3 aromatic rings. The second-order valence-electron chi connectivity index (χ2n) is 5.43. The first-order valence-corrected chi connectivity index (χ1v) is 10.1. The molecule has 29 heavy (non-hydrogen) atoms. The molecule has 3 rings (SSSR count). The normalized spacial score (nSPS) is 11.8. The topological polar surface area (TPSA) is 159 Å². The zero-order valence-corrected chi connectivity index (χ0v) is 20.9. The van der Waals surface area contributed by atoms with Crippen molar-refractivity contribution in [1.29, 1.82) is 0 Å². The van der Waals surface area contributed by atoms with Gasteiger partial charge in [0.25, 0.3) is 10.1 Å². The Labute approximate surface area is 210 Å². The summed E-state index contributed by atoms with van der Waals surface area (Å²) in [6, 6.07) is 11.6. The maximum Gasteiger partial charge on any atom is 1.00 e. The van der Waals surface area contributed by atoms with E-state index in [0.29, 0.717) is 11.8 Å². The van der Waals surface area contributed by atoms with Crippen LogP contribution in [-0.2, 0) is 20.2 Å². The van der Waals surface area contributed by atoms with Crippen molar-refractivity contribution in [3.8, 4) is 5.75 Å². The van der Waals surface area contributed by atoms with Gasteiger partial charge in [0.15, 0.2) is 0 Å². The summed E-state index contributed by atoms with van der Waals surface area (Å²) in [4.78, 5) is -1.77. The number of rotatable bonds is 4. The molecule has 9 nitrogen and oxygen atoms in total. The van der Waals surface area contributed by atoms with Gasteiger partial charge >= 0.3 is 59.1 Å². The summed E-state index contributed by atoms with van der Waals surface area (Å²) < 4.78 is 66.8. The average Bonchev–Trinajstić information content (AvgIpc) is 2.57. The number of azo groups is 1. The van der Waals surface area contributed by atoms with Crippen molar-refractivity contribution in [1.82, 2.24) is 0 Å². The van der Waals surface area contributed by atoms with Crippen LogP contribution in [0.3, 0.4) is 0 Å². The van der Waals surface area contributed by atoms with E-state index in [1.54, 1.807) is 30.3 Å². The van der Waals surface area contributed by atoms with Crippen molar-refractivity contribution in [2.24, 2.45) is 10.2 Å². The minimum Gasteiger partial charge on any atom is -0.872 e. The van der Waals surface area contributed by atoms with Crippen LogP contribution in [-0.4, -0.2) is 25.9 Å². The summed E-state index contributed by atoms with van der Waals surface area (Å²) in [5, 5.41) is 19.2. The first kappa shape index (κ1) is 26.2. The number of hydrogen-bond donors (Lipinski definition) is 1. The molecule has 0 atom stereocenters. The summed E-state index contributed by atoms with van der Waals surface area (Å²) in [6.45, 7) is 0. The van der Waals surface area contributed by atoms with E-state index >= 15 is 0 Å². The van der Waals surface area contributed by atoms with Gasteiger partial charge in [0.1, 0.15) is 15.0 Å². The molecule has 0 unspecified atom stereocenters. The Morgan fingerprint density at radius 3 is 2.03 bits per heavy atom. The van der Waals surface area contributed by atoms with E-state index in [1.807, 2.05) is 0 Å². The molecular weight excluding hydrogens is 442 g/mol. The molecule has 0 aliphatic heterocycles. The molecule has 0 radical (unpaired) electrons. The monoisotopic (exact) mass is 452 g/mol. The first-order valence-electron chi connectivity index (χ1n) is 7.25. The SMILES string of the molecule is O=S(=O)([O-])c1cc(S(=O)(=O)O)c2c(N=Nc3ccccc3)cc([O-])cc2c1.[Na+].[Na+]. The molecule has 0 bridgehead atoms. The summed E-state index contributed by atoms with van der Waals surface area (Å²) in [7, 11) is -9.98. The van der Waals surface area contributed by atoms with Crippen LogP contribution in [0.25, 0.3) is 10.8 Å². The Morgan fingerprint density at radius 1 is 0.862 bits per heavy atom. The largest absolute Gasteiger partial charge is 1.00 e. The van der Waals surface area contributed by atoms with Gasteiger partial charge in [0.2, 0.25) is 0 Å². The minimum absolute atomic E-state index is 0. The smallest absolute Gasteiger partial charge is 0.872 e. The molecular formula is C16H10N2Na2O7S2. The van der Waals surface area contributed by atoms with E-state index in [4.69, 9.17) is 0 Å². The fourth-order valence-corrected chi connectivity index (χ4v) is 3.80. The molecule has 0 amide bonds. The maximum absolute atomic E-state index is 11.9. The molecule has 140 valence electrons. The van der Waals surface area contributed by atoms with Gasteiger partial charge in [0.05, 0.1) is 16.3 Å². The van der Waals surface area contributed by atoms with Gasteiger partial charge in [-0.05, 0) is 35.7 Å². The third-order valence-corrected chi connectivity index (χ3v) is 5.23. The van der Waals surface area contributed by atoms with E-state index in [0.717, 1.165) is 18.2 Å². The van der Waals surface area contributed by atoms with E-state index in [-0.39, 0.29) is 75.6 Å². The standard InChI is InChI=1S/C16H12N2O7S2.2Na/c19-12-6-10-7-13(26(20,21)22)9-15(27(23,24)25)16(10)14(8-12)18-17-11-4-2-1-3-5-11;;/h1-9,19H,(H,20,21,22)(H,23,24,25);;/q;2*+1/p-2. The van der Waals surface area contributed by atoms with E-state index in [1.165, 1.54) is 0 Å². The van der Waals surface area contributed by atoms with Crippen molar-refractivity contribution in [2.75, 3.05) is 0 Å². The number of fused-ring (bicyclic) bond motifs is 1. The zero-order valence-electron chi connectivity index (χ0n) is 15.3. The van der Waals surface area contributed by atoms with E-state index in [9.17, 15) is 31.0 Å². The van der Waals surface area contributed by atoms with Crippen LogP contribution in [0.1, 0.15) is 0 Å². The summed E-state index contributed by atoms with van der Waals surface area (Å²) in [5.41, 5.74) is 0.206. The van der Waals surface area contributed by atoms with Gasteiger partial charge < -0.3 is 9.66 Å². The van der Waals surface area contributed by atoms with Gasteiger partial charge in [-0.1, -0.05) is 24.3 Å². The Hall–Kier alpha value is -0.860. The van der Waals surface area contributed by atoms with Crippen molar-refractivity contribution in [2.45, 2.75) is 9.79 Å². The molecule has 13 heteroatoms. The van der Waals surface area contributed by atoms with Crippen LogP contribution in [0.4, 0.5) is 11.4 Å². The molecule has 0 aliphatic rings. The quantitative estimate of drug-likeness (QED) is 0.244. The van der Waals surface area contributed by atoms with Gasteiger partial charge in [-0.3, -0.25) is 4.55 Å². The molecule has 0 saturated carbocycles. The van der Waals surface area contributed by atoms with Crippen molar-refractivity contribution >= 4 is 42.4 Å². The van der Waals surface area contributed by atoms with Gasteiger partial charge in [0, 0.05) is 5.39 Å². The molecule has 3 aromatic carbocycles. The third kappa shape index (κ3) is 6.31. The second-order valence-corrected chi connectivity index (χ2v) is 8.20. The molecule has 0 aromatic heterocycles. The molecule has 0 saturated heterocycles.